The average molecular weight is 284 g/mol. The predicted molar refractivity (Wildman–Crippen MR) is 77.4 cm³/mol. The van der Waals surface area contributed by atoms with E-state index in [-0.39, 0.29) is 24.2 Å². The van der Waals surface area contributed by atoms with Crippen molar-refractivity contribution >= 4 is 5.91 Å². The zero-order valence-electron chi connectivity index (χ0n) is 12.7. The van der Waals surface area contributed by atoms with Crippen molar-refractivity contribution in [1.29, 1.82) is 0 Å². The average Bonchev–Trinajstić information content (AvgIpc) is 2.89. The Balaban J connectivity index is 1.79. The van der Waals surface area contributed by atoms with Crippen LogP contribution in [0.4, 0.5) is 0 Å². The van der Waals surface area contributed by atoms with E-state index in [1.54, 1.807) is 7.11 Å². The van der Waals surface area contributed by atoms with Crippen LogP contribution in [-0.4, -0.2) is 55.4 Å². The lowest BCUT2D eigenvalue weighted by atomic mass is 9.98. The van der Waals surface area contributed by atoms with E-state index in [1.807, 2.05) is 4.90 Å². The second-order valence-electron chi connectivity index (χ2n) is 6.04. The summed E-state index contributed by atoms with van der Waals surface area (Å²) in [6, 6.07) is 0.129. The summed E-state index contributed by atoms with van der Waals surface area (Å²) in [5, 5.41) is 0. The molecule has 2 aliphatic rings. The number of likely N-dealkylation sites (tertiary alicyclic amines) is 1. The highest BCUT2D eigenvalue weighted by atomic mass is 16.5. The number of carbonyl (C=O) groups is 1. The number of methoxy groups -OCH3 is 1. The summed E-state index contributed by atoms with van der Waals surface area (Å²) in [6.45, 7) is 3.38. The molecule has 2 N–H and O–H groups in total. The highest BCUT2D eigenvalue weighted by molar-refractivity contribution is 5.76. The van der Waals surface area contributed by atoms with E-state index in [1.165, 1.54) is 0 Å². The zero-order valence-corrected chi connectivity index (χ0v) is 12.7. The fourth-order valence-corrected chi connectivity index (χ4v) is 3.31. The SMILES string of the molecule is COC1CCN(C(=O)CCC2CCC(C)O2)C(CN)C1. The van der Waals surface area contributed by atoms with Gasteiger partial charge < -0.3 is 20.1 Å². The molecule has 2 rings (SSSR count). The molecule has 5 nitrogen and oxygen atoms in total. The monoisotopic (exact) mass is 284 g/mol. The van der Waals surface area contributed by atoms with E-state index in [0.717, 1.165) is 38.6 Å². The summed E-state index contributed by atoms with van der Waals surface area (Å²) < 4.78 is 11.2. The lowest BCUT2D eigenvalue weighted by Gasteiger charge is -2.38. The number of nitrogens with two attached hydrogens (primary N) is 1. The lowest BCUT2D eigenvalue weighted by molar-refractivity contribution is -0.137. The fraction of sp³-hybridized carbons (Fsp3) is 0.933. The first-order chi connectivity index (χ1) is 9.63. The molecular weight excluding hydrogens is 256 g/mol. The Hall–Kier alpha value is -0.650. The van der Waals surface area contributed by atoms with E-state index in [2.05, 4.69) is 6.92 Å². The van der Waals surface area contributed by atoms with Gasteiger partial charge in [-0.2, -0.15) is 0 Å². The van der Waals surface area contributed by atoms with E-state index in [4.69, 9.17) is 15.2 Å². The number of ether oxygens (including phenoxy) is 2. The maximum atomic E-state index is 12.4. The molecule has 4 atom stereocenters. The van der Waals surface area contributed by atoms with Gasteiger partial charge in [-0.1, -0.05) is 0 Å². The Bertz CT molecular complexity index is 324. The molecule has 0 aromatic carbocycles. The smallest absolute Gasteiger partial charge is 0.222 e. The normalized spacial score (nSPS) is 34.5. The highest BCUT2D eigenvalue weighted by Crippen LogP contribution is 2.24. The Morgan fingerprint density at radius 1 is 1.40 bits per heavy atom. The molecule has 0 spiro atoms. The third kappa shape index (κ3) is 3.93. The van der Waals surface area contributed by atoms with Gasteiger partial charge >= 0.3 is 0 Å². The fourth-order valence-electron chi connectivity index (χ4n) is 3.31. The summed E-state index contributed by atoms with van der Waals surface area (Å²) in [5.74, 6) is 0.221. The first-order valence-corrected chi connectivity index (χ1v) is 7.81. The van der Waals surface area contributed by atoms with Gasteiger partial charge in [-0.15, -0.1) is 0 Å². The van der Waals surface area contributed by atoms with E-state index in [0.29, 0.717) is 19.1 Å². The van der Waals surface area contributed by atoms with Gasteiger partial charge in [0.25, 0.3) is 0 Å². The maximum Gasteiger partial charge on any atom is 0.222 e. The van der Waals surface area contributed by atoms with E-state index >= 15 is 0 Å². The molecule has 0 bridgehead atoms. The Kier molecular flexibility index (Phi) is 5.81. The van der Waals surface area contributed by atoms with Crippen LogP contribution in [0.1, 0.15) is 45.4 Å². The summed E-state index contributed by atoms with van der Waals surface area (Å²) in [5.41, 5.74) is 5.81. The van der Waals surface area contributed by atoms with Crippen molar-refractivity contribution in [3.05, 3.63) is 0 Å². The molecule has 2 saturated heterocycles. The van der Waals surface area contributed by atoms with Crippen LogP contribution in [0.3, 0.4) is 0 Å². The van der Waals surface area contributed by atoms with Crippen LogP contribution in [0.25, 0.3) is 0 Å². The standard InChI is InChI=1S/C15H28N2O3/c1-11-3-4-13(20-11)5-6-15(18)17-8-7-14(19-2)9-12(17)10-16/h11-14H,3-10,16H2,1-2H3. The van der Waals surface area contributed by atoms with Crippen LogP contribution < -0.4 is 5.73 Å². The van der Waals surface area contributed by atoms with Gasteiger partial charge in [0.1, 0.15) is 0 Å². The van der Waals surface area contributed by atoms with Crippen molar-refractivity contribution in [3.8, 4) is 0 Å². The van der Waals surface area contributed by atoms with Gasteiger partial charge in [-0.3, -0.25) is 4.79 Å². The number of hydrogen-bond donors (Lipinski definition) is 1. The number of carbonyl (C=O) groups excluding carboxylic acids is 1. The van der Waals surface area contributed by atoms with Crippen molar-refractivity contribution in [2.75, 3.05) is 20.2 Å². The molecule has 0 saturated carbocycles. The van der Waals surface area contributed by atoms with Gasteiger partial charge in [0, 0.05) is 32.7 Å². The largest absolute Gasteiger partial charge is 0.381 e. The molecular formula is C15H28N2O3. The minimum Gasteiger partial charge on any atom is -0.381 e. The quantitative estimate of drug-likeness (QED) is 0.826. The van der Waals surface area contributed by atoms with E-state index < -0.39 is 0 Å². The van der Waals surface area contributed by atoms with Gasteiger partial charge in [0.15, 0.2) is 0 Å². The summed E-state index contributed by atoms with van der Waals surface area (Å²) >= 11 is 0. The topological polar surface area (TPSA) is 64.8 Å². The van der Waals surface area contributed by atoms with Gasteiger partial charge in [-0.25, -0.2) is 0 Å². The minimum absolute atomic E-state index is 0.129. The molecule has 2 aliphatic heterocycles. The maximum absolute atomic E-state index is 12.4. The number of rotatable bonds is 5. The van der Waals surface area contributed by atoms with Crippen LogP contribution in [0.5, 0.6) is 0 Å². The molecule has 116 valence electrons. The van der Waals surface area contributed by atoms with Crippen LogP contribution in [-0.2, 0) is 14.3 Å². The van der Waals surface area contributed by atoms with Crippen LogP contribution >= 0.6 is 0 Å². The predicted octanol–water partition coefficient (Wildman–Crippen LogP) is 1.30. The number of nitrogens with zero attached hydrogens (tertiary/aromatic N) is 1. The number of hydrogen-bond acceptors (Lipinski definition) is 4. The molecule has 20 heavy (non-hydrogen) atoms. The molecule has 5 heteroatoms. The van der Waals surface area contributed by atoms with Crippen molar-refractivity contribution < 1.29 is 14.3 Å². The van der Waals surface area contributed by atoms with Crippen LogP contribution in [0, 0.1) is 0 Å². The van der Waals surface area contributed by atoms with Gasteiger partial charge in [0.2, 0.25) is 5.91 Å². The molecule has 0 radical (unpaired) electrons. The summed E-state index contributed by atoms with van der Waals surface area (Å²) in [7, 11) is 1.73. The van der Waals surface area contributed by atoms with Crippen LogP contribution in [0.15, 0.2) is 0 Å². The Morgan fingerprint density at radius 2 is 2.20 bits per heavy atom. The highest BCUT2D eigenvalue weighted by Gasteiger charge is 2.31. The summed E-state index contributed by atoms with van der Waals surface area (Å²) in [4.78, 5) is 14.3. The molecule has 0 aliphatic carbocycles. The molecule has 4 unspecified atom stereocenters. The molecule has 2 fully saturated rings. The molecule has 2 heterocycles. The first kappa shape index (κ1) is 15.7. The molecule has 1 amide bonds. The zero-order chi connectivity index (χ0) is 14.5. The first-order valence-electron chi connectivity index (χ1n) is 7.81. The lowest BCUT2D eigenvalue weighted by Crippen LogP contribution is -2.51. The Labute approximate surface area is 121 Å². The third-order valence-corrected chi connectivity index (χ3v) is 4.59. The van der Waals surface area contributed by atoms with Gasteiger partial charge in [-0.05, 0) is 39.0 Å². The third-order valence-electron chi connectivity index (χ3n) is 4.59. The number of amides is 1. The minimum atomic E-state index is 0.129. The van der Waals surface area contributed by atoms with Crippen molar-refractivity contribution in [3.63, 3.8) is 0 Å². The summed E-state index contributed by atoms with van der Waals surface area (Å²) in [6.07, 6.45) is 6.24. The van der Waals surface area contributed by atoms with Crippen molar-refractivity contribution in [2.45, 2.75) is 69.8 Å². The number of piperidine rings is 1. The van der Waals surface area contributed by atoms with Crippen molar-refractivity contribution in [1.82, 2.24) is 4.90 Å². The second kappa shape index (κ2) is 7.38. The molecule has 0 aromatic heterocycles. The van der Waals surface area contributed by atoms with Crippen LogP contribution in [0.2, 0.25) is 0 Å². The van der Waals surface area contributed by atoms with Crippen molar-refractivity contribution in [2.24, 2.45) is 5.73 Å². The second-order valence-corrected chi connectivity index (χ2v) is 6.04. The molecule has 0 aromatic rings. The van der Waals surface area contributed by atoms with E-state index in [9.17, 15) is 4.79 Å². The van der Waals surface area contributed by atoms with Gasteiger partial charge in [0.05, 0.1) is 18.3 Å². The Morgan fingerprint density at radius 3 is 2.80 bits per heavy atom.